The number of carbonyl (C=O) groups excluding carboxylic acids is 1. The van der Waals surface area contributed by atoms with Crippen molar-refractivity contribution in [3.8, 4) is 29.4 Å². The number of carbonyl (C=O) groups is 1. The van der Waals surface area contributed by atoms with Gasteiger partial charge in [-0.15, -0.1) is 6.42 Å². The second kappa shape index (κ2) is 9.40. The van der Waals surface area contributed by atoms with Crippen LogP contribution in [0.2, 0.25) is 0 Å². The summed E-state index contributed by atoms with van der Waals surface area (Å²) in [6, 6.07) is 7.51. The Kier molecular flexibility index (Phi) is 6.22. The molecule has 0 saturated carbocycles. The lowest BCUT2D eigenvalue weighted by atomic mass is 10.1. The van der Waals surface area contributed by atoms with Crippen LogP contribution in [0.5, 0.6) is 5.75 Å². The smallest absolute Gasteiger partial charge is 0.298 e. The van der Waals surface area contributed by atoms with Gasteiger partial charge in [-0.2, -0.15) is 5.10 Å². The number of allylic oxidation sites excluding steroid dienone is 4. The van der Waals surface area contributed by atoms with Gasteiger partial charge in [0.25, 0.3) is 5.91 Å². The van der Waals surface area contributed by atoms with Crippen molar-refractivity contribution in [3.05, 3.63) is 67.2 Å². The summed E-state index contributed by atoms with van der Waals surface area (Å²) in [5.74, 6) is 3.57. The van der Waals surface area contributed by atoms with E-state index in [9.17, 15) is 4.79 Å². The lowest BCUT2D eigenvalue weighted by Crippen LogP contribution is -2.27. The zero-order chi connectivity index (χ0) is 23.4. The van der Waals surface area contributed by atoms with Gasteiger partial charge in [-0.05, 0) is 55.7 Å². The van der Waals surface area contributed by atoms with E-state index in [1.807, 2.05) is 48.0 Å². The summed E-state index contributed by atoms with van der Waals surface area (Å²) < 4.78 is 7.73. The van der Waals surface area contributed by atoms with E-state index >= 15 is 0 Å². The summed E-state index contributed by atoms with van der Waals surface area (Å²) in [7, 11) is 0. The van der Waals surface area contributed by atoms with E-state index in [1.165, 1.54) is 6.33 Å². The molecule has 1 aromatic carbocycles. The van der Waals surface area contributed by atoms with Gasteiger partial charge >= 0.3 is 0 Å². The summed E-state index contributed by atoms with van der Waals surface area (Å²) in [6.07, 6.45) is 14.6. The van der Waals surface area contributed by atoms with Crippen LogP contribution in [-0.2, 0) is 4.79 Å². The van der Waals surface area contributed by atoms with E-state index in [2.05, 4.69) is 22.5 Å². The summed E-state index contributed by atoms with van der Waals surface area (Å²) >= 11 is 0. The number of terminal acetylenes is 1. The van der Waals surface area contributed by atoms with Crippen LogP contribution in [0.3, 0.4) is 0 Å². The standard InChI is InChI=1S/C25H24N6O2/c1-4-7-19(8-5-2)33-20-11-9-17(10-12-20)23-22-24(26)27-16-28-25(22)31(29-23)18-13-14-30(15-18)21(32)6-3/h3-5,7-12,16,18H,1,13-15H2,2H3,(H2,26,27,28)/b8-5-,19-7+. The lowest BCUT2D eigenvalue weighted by molar-refractivity contribution is -0.124. The first kappa shape index (κ1) is 21.8. The van der Waals surface area contributed by atoms with E-state index in [-0.39, 0.29) is 11.9 Å². The molecule has 0 aliphatic carbocycles. The summed E-state index contributed by atoms with van der Waals surface area (Å²) in [5, 5.41) is 5.51. The maximum Gasteiger partial charge on any atom is 0.298 e. The third kappa shape index (κ3) is 4.34. The Morgan fingerprint density at radius 3 is 2.82 bits per heavy atom. The molecule has 1 unspecified atom stereocenters. The Hall–Kier alpha value is -4.38. The van der Waals surface area contributed by atoms with Crippen molar-refractivity contribution in [2.24, 2.45) is 0 Å². The first-order valence-corrected chi connectivity index (χ1v) is 10.5. The molecule has 2 N–H and O–H groups in total. The molecule has 8 nitrogen and oxygen atoms in total. The highest BCUT2D eigenvalue weighted by molar-refractivity contribution is 5.98. The Morgan fingerprint density at radius 2 is 2.12 bits per heavy atom. The van der Waals surface area contributed by atoms with Crippen molar-refractivity contribution in [1.29, 1.82) is 0 Å². The third-order valence-electron chi connectivity index (χ3n) is 5.41. The summed E-state index contributed by atoms with van der Waals surface area (Å²) in [6.45, 7) is 6.68. The van der Waals surface area contributed by atoms with E-state index in [4.69, 9.17) is 22.0 Å². The average Bonchev–Trinajstić information content (AvgIpc) is 3.45. The van der Waals surface area contributed by atoms with Gasteiger partial charge in [0.2, 0.25) is 0 Å². The lowest BCUT2D eigenvalue weighted by Gasteiger charge is -2.13. The number of amides is 1. The van der Waals surface area contributed by atoms with Gasteiger partial charge in [0, 0.05) is 18.7 Å². The fourth-order valence-corrected chi connectivity index (χ4v) is 3.89. The minimum absolute atomic E-state index is 0.0529. The molecule has 0 spiro atoms. The van der Waals surface area contributed by atoms with E-state index in [0.29, 0.717) is 47.1 Å². The number of nitrogens with two attached hydrogens (primary N) is 1. The zero-order valence-corrected chi connectivity index (χ0v) is 18.3. The molecule has 3 heterocycles. The number of likely N-dealkylation sites (tertiary alicyclic amines) is 1. The normalized spacial score (nSPS) is 16.3. The number of hydrogen-bond donors (Lipinski definition) is 1. The number of hydrogen-bond acceptors (Lipinski definition) is 6. The second-order valence-corrected chi connectivity index (χ2v) is 7.52. The van der Waals surface area contributed by atoms with Crippen LogP contribution in [0.25, 0.3) is 22.3 Å². The molecular weight excluding hydrogens is 416 g/mol. The van der Waals surface area contributed by atoms with Crippen LogP contribution < -0.4 is 10.5 Å². The van der Waals surface area contributed by atoms with Crippen molar-refractivity contribution < 1.29 is 9.53 Å². The number of aromatic nitrogens is 4. The first-order chi connectivity index (χ1) is 16.0. The number of nitrogens with zero attached hydrogens (tertiary/aromatic N) is 5. The second-order valence-electron chi connectivity index (χ2n) is 7.52. The number of ether oxygens (including phenoxy) is 1. The van der Waals surface area contributed by atoms with E-state index < -0.39 is 0 Å². The molecule has 0 radical (unpaired) electrons. The molecule has 1 aliphatic heterocycles. The molecule has 4 rings (SSSR count). The van der Waals surface area contributed by atoms with Crippen molar-refractivity contribution in [2.45, 2.75) is 19.4 Å². The van der Waals surface area contributed by atoms with E-state index in [1.54, 1.807) is 17.1 Å². The van der Waals surface area contributed by atoms with Gasteiger partial charge in [0.05, 0.1) is 11.4 Å². The first-order valence-electron chi connectivity index (χ1n) is 10.5. The minimum atomic E-state index is -0.318. The van der Waals surface area contributed by atoms with Crippen molar-refractivity contribution in [1.82, 2.24) is 24.6 Å². The van der Waals surface area contributed by atoms with Crippen LogP contribution in [0.4, 0.5) is 5.82 Å². The molecule has 1 aliphatic rings. The fraction of sp³-hybridized carbons (Fsp3) is 0.200. The van der Waals surface area contributed by atoms with Crippen molar-refractivity contribution >= 4 is 22.8 Å². The van der Waals surface area contributed by atoms with E-state index in [0.717, 1.165) is 12.0 Å². The largest absolute Gasteiger partial charge is 0.457 e. The molecule has 3 aromatic rings. The fourth-order valence-electron chi connectivity index (χ4n) is 3.89. The maximum atomic E-state index is 11.9. The Labute approximate surface area is 192 Å². The highest BCUT2D eigenvalue weighted by atomic mass is 16.5. The quantitative estimate of drug-likeness (QED) is 0.358. The van der Waals surface area contributed by atoms with Crippen LogP contribution in [0.15, 0.2) is 67.2 Å². The van der Waals surface area contributed by atoms with Gasteiger partial charge in [-0.1, -0.05) is 18.7 Å². The Bertz CT molecular complexity index is 1300. The predicted molar refractivity (Wildman–Crippen MR) is 128 cm³/mol. The summed E-state index contributed by atoms with van der Waals surface area (Å²) in [4.78, 5) is 22.2. The van der Waals surface area contributed by atoms with Crippen LogP contribution >= 0.6 is 0 Å². The molecule has 166 valence electrons. The van der Waals surface area contributed by atoms with Gasteiger partial charge in [0.15, 0.2) is 5.65 Å². The Morgan fingerprint density at radius 1 is 1.33 bits per heavy atom. The maximum absolute atomic E-state index is 11.9. The molecule has 1 atom stereocenters. The molecule has 8 heteroatoms. The number of benzene rings is 1. The topological polar surface area (TPSA) is 99.2 Å². The van der Waals surface area contributed by atoms with Crippen LogP contribution in [0, 0.1) is 12.3 Å². The van der Waals surface area contributed by atoms with Crippen LogP contribution in [-0.4, -0.2) is 43.6 Å². The third-order valence-corrected chi connectivity index (χ3v) is 5.41. The van der Waals surface area contributed by atoms with Gasteiger partial charge in [0.1, 0.15) is 29.3 Å². The molecule has 1 amide bonds. The molecular formula is C25H24N6O2. The number of fused-ring (bicyclic) bond motifs is 1. The molecule has 1 fully saturated rings. The van der Waals surface area contributed by atoms with Crippen molar-refractivity contribution in [2.75, 3.05) is 18.8 Å². The van der Waals surface area contributed by atoms with Gasteiger partial charge in [-0.25, -0.2) is 14.6 Å². The summed E-state index contributed by atoms with van der Waals surface area (Å²) in [5.41, 5.74) is 8.37. The Balaban J connectivity index is 1.69. The molecule has 2 aromatic heterocycles. The minimum Gasteiger partial charge on any atom is -0.457 e. The van der Waals surface area contributed by atoms with Gasteiger partial charge < -0.3 is 15.4 Å². The highest BCUT2D eigenvalue weighted by Gasteiger charge is 2.30. The SMILES string of the molecule is C#CC(=O)N1CCC(n2nc(-c3ccc(OC(/C=C\C)=C/C=C)cc3)c3c(N)ncnc32)C1. The molecule has 1 saturated heterocycles. The zero-order valence-electron chi connectivity index (χ0n) is 18.3. The highest BCUT2D eigenvalue weighted by Crippen LogP contribution is 2.34. The number of rotatable bonds is 6. The predicted octanol–water partition coefficient (Wildman–Crippen LogP) is 3.51. The van der Waals surface area contributed by atoms with Gasteiger partial charge in [-0.3, -0.25) is 4.79 Å². The monoisotopic (exact) mass is 440 g/mol. The number of nitrogen functional groups attached to an aromatic ring is 1. The molecule has 33 heavy (non-hydrogen) atoms. The molecule has 0 bridgehead atoms. The van der Waals surface area contributed by atoms with Crippen molar-refractivity contribution in [3.63, 3.8) is 0 Å². The average molecular weight is 441 g/mol. The number of anilines is 1. The van der Waals surface area contributed by atoms with Crippen LogP contribution in [0.1, 0.15) is 19.4 Å².